The molecule has 0 radical (unpaired) electrons. The zero-order valence-electron chi connectivity index (χ0n) is 21.1. The van der Waals surface area contributed by atoms with E-state index in [4.69, 9.17) is 23.4 Å². The van der Waals surface area contributed by atoms with Gasteiger partial charge in [0.05, 0.1) is 26.4 Å². The maximum absolute atomic E-state index is 12.2. The third-order valence-corrected chi connectivity index (χ3v) is 10.2. The van der Waals surface area contributed by atoms with E-state index in [9.17, 15) is 14.7 Å². The van der Waals surface area contributed by atoms with E-state index in [0.717, 1.165) is 25.9 Å². The topological polar surface area (TPSA) is 113 Å². The summed E-state index contributed by atoms with van der Waals surface area (Å²) in [6, 6.07) is 0. The van der Waals surface area contributed by atoms with Crippen molar-refractivity contribution >= 4 is 20.4 Å². The van der Waals surface area contributed by atoms with Gasteiger partial charge in [-0.3, -0.25) is 4.79 Å². The molecule has 0 aromatic rings. The molecule has 0 aliphatic carbocycles. The summed E-state index contributed by atoms with van der Waals surface area (Å²) in [6.07, 6.45) is 2.05. The summed E-state index contributed by atoms with van der Waals surface area (Å²) in [6.45, 7) is 14.1. The summed E-state index contributed by atoms with van der Waals surface area (Å²) in [4.78, 5) is 24.1. The van der Waals surface area contributed by atoms with Gasteiger partial charge in [0.2, 0.25) is 0 Å². The Labute approximate surface area is 194 Å². The molecule has 0 saturated carbocycles. The third kappa shape index (κ3) is 12.7. The fraction of sp³-hybridized carbons (Fsp3) is 0.909. The first-order valence-corrected chi connectivity index (χ1v) is 14.2. The van der Waals surface area contributed by atoms with Crippen molar-refractivity contribution in [2.24, 2.45) is 5.41 Å². The summed E-state index contributed by atoms with van der Waals surface area (Å²) in [5.41, 5.74) is -1.33. The number of rotatable bonds is 17. The first kappa shape index (κ1) is 30.8. The SMILES string of the molecule is COCCOCCOC(=O)C(C)(CO)COC(=O)NCCCCCO[Si](C)(C)C(C)(C)C. The highest BCUT2D eigenvalue weighted by molar-refractivity contribution is 6.74. The van der Waals surface area contributed by atoms with Crippen molar-refractivity contribution in [1.29, 1.82) is 0 Å². The number of hydrogen-bond acceptors (Lipinski definition) is 8. The van der Waals surface area contributed by atoms with E-state index < -0.39 is 32.4 Å². The smallest absolute Gasteiger partial charge is 0.407 e. The van der Waals surface area contributed by atoms with Crippen molar-refractivity contribution in [3.05, 3.63) is 0 Å². The Morgan fingerprint density at radius 3 is 2.16 bits per heavy atom. The lowest BCUT2D eigenvalue weighted by Crippen LogP contribution is -2.41. The molecule has 0 aliphatic heterocycles. The van der Waals surface area contributed by atoms with Crippen LogP contribution in [0.3, 0.4) is 0 Å². The second-order valence-corrected chi connectivity index (χ2v) is 14.4. The Morgan fingerprint density at radius 2 is 1.56 bits per heavy atom. The van der Waals surface area contributed by atoms with Gasteiger partial charge in [0, 0.05) is 20.3 Å². The van der Waals surface area contributed by atoms with Crippen molar-refractivity contribution < 1.29 is 38.1 Å². The van der Waals surface area contributed by atoms with Crippen molar-refractivity contribution in [2.45, 2.75) is 65.1 Å². The summed E-state index contributed by atoms with van der Waals surface area (Å²) >= 11 is 0. The van der Waals surface area contributed by atoms with Crippen LogP contribution < -0.4 is 5.32 Å². The fourth-order valence-electron chi connectivity index (χ4n) is 2.19. The zero-order chi connectivity index (χ0) is 24.7. The Balaban J connectivity index is 4.01. The predicted octanol–water partition coefficient (Wildman–Crippen LogP) is 3.11. The van der Waals surface area contributed by atoms with Gasteiger partial charge in [0.25, 0.3) is 0 Å². The van der Waals surface area contributed by atoms with E-state index >= 15 is 0 Å². The van der Waals surface area contributed by atoms with E-state index in [1.165, 1.54) is 6.92 Å². The number of nitrogens with one attached hydrogen (secondary N) is 1. The monoisotopic (exact) mass is 479 g/mol. The Bertz CT molecular complexity index is 539. The normalized spacial score (nSPS) is 14.0. The highest BCUT2D eigenvalue weighted by atomic mass is 28.4. The highest BCUT2D eigenvalue weighted by Crippen LogP contribution is 2.36. The van der Waals surface area contributed by atoms with Crippen LogP contribution in [0, 0.1) is 5.41 Å². The van der Waals surface area contributed by atoms with E-state index in [0.29, 0.717) is 19.8 Å². The van der Waals surface area contributed by atoms with Crippen LogP contribution in [-0.2, 0) is 28.2 Å². The number of ether oxygens (including phenoxy) is 4. The van der Waals surface area contributed by atoms with Gasteiger partial charge in [0.1, 0.15) is 18.6 Å². The minimum Gasteiger partial charge on any atom is -0.463 e. The number of unbranched alkanes of at least 4 members (excludes halogenated alkanes) is 2. The Hall–Kier alpha value is -1.20. The van der Waals surface area contributed by atoms with Crippen LogP contribution in [0.5, 0.6) is 0 Å². The molecule has 32 heavy (non-hydrogen) atoms. The van der Waals surface area contributed by atoms with Crippen LogP contribution >= 0.6 is 0 Å². The van der Waals surface area contributed by atoms with Crippen molar-refractivity contribution in [1.82, 2.24) is 5.32 Å². The lowest BCUT2D eigenvalue weighted by atomic mass is 9.93. The van der Waals surface area contributed by atoms with Gasteiger partial charge in [-0.15, -0.1) is 0 Å². The summed E-state index contributed by atoms with van der Waals surface area (Å²) < 4.78 is 26.4. The van der Waals surface area contributed by atoms with E-state index in [1.54, 1.807) is 7.11 Å². The quantitative estimate of drug-likeness (QED) is 0.186. The maximum Gasteiger partial charge on any atom is 0.407 e. The van der Waals surface area contributed by atoms with Crippen molar-refractivity contribution in [3.8, 4) is 0 Å². The Kier molecular flexibility index (Phi) is 15.0. The first-order valence-electron chi connectivity index (χ1n) is 11.3. The summed E-state index contributed by atoms with van der Waals surface area (Å²) in [5.74, 6) is -0.648. The second-order valence-electron chi connectivity index (χ2n) is 9.63. The molecule has 0 aromatic heterocycles. The second kappa shape index (κ2) is 15.6. The molecule has 2 N–H and O–H groups in total. The molecule has 0 aromatic carbocycles. The molecule has 0 saturated heterocycles. The van der Waals surface area contributed by atoms with Crippen LogP contribution in [-0.4, -0.2) is 85.4 Å². The largest absolute Gasteiger partial charge is 0.463 e. The minimum atomic E-state index is -1.71. The average Bonchev–Trinajstić information content (AvgIpc) is 2.72. The fourth-order valence-corrected chi connectivity index (χ4v) is 3.28. The molecule has 0 fully saturated rings. The molecule has 0 rings (SSSR count). The molecular weight excluding hydrogens is 434 g/mol. The van der Waals surface area contributed by atoms with E-state index in [1.807, 2.05) is 0 Å². The molecule has 9 nitrogen and oxygen atoms in total. The van der Waals surface area contributed by atoms with Crippen LogP contribution in [0.25, 0.3) is 0 Å². The maximum atomic E-state index is 12.2. The van der Waals surface area contributed by atoms with Crippen LogP contribution in [0.1, 0.15) is 47.0 Å². The van der Waals surface area contributed by atoms with Crippen molar-refractivity contribution in [2.75, 3.05) is 59.9 Å². The van der Waals surface area contributed by atoms with Crippen LogP contribution in [0.4, 0.5) is 4.79 Å². The predicted molar refractivity (Wildman–Crippen MR) is 125 cm³/mol. The Morgan fingerprint density at radius 1 is 0.906 bits per heavy atom. The summed E-state index contributed by atoms with van der Waals surface area (Å²) in [5, 5.41) is 12.4. The van der Waals surface area contributed by atoms with Gasteiger partial charge < -0.3 is 33.8 Å². The molecule has 1 amide bonds. The lowest BCUT2D eigenvalue weighted by Gasteiger charge is -2.36. The average molecular weight is 480 g/mol. The standard InChI is InChI=1S/C22H45NO8Si/c1-21(2,3)32(6,7)31-12-10-8-9-11-23-20(26)30-18-22(4,17-24)19(25)29-16-15-28-14-13-27-5/h24H,8-18H2,1-7H3,(H,23,26). The number of esters is 1. The molecule has 0 bridgehead atoms. The van der Waals surface area contributed by atoms with E-state index in [2.05, 4.69) is 39.2 Å². The number of amides is 1. The number of aliphatic hydroxyl groups is 1. The number of alkyl carbamates (subject to hydrolysis) is 1. The van der Waals surface area contributed by atoms with Gasteiger partial charge >= 0.3 is 12.1 Å². The first-order chi connectivity index (χ1) is 14.9. The van der Waals surface area contributed by atoms with Gasteiger partial charge in [-0.05, 0) is 44.3 Å². The number of carbonyl (C=O) groups excluding carboxylic acids is 2. The van der Waals surface area contributed by atoms with Gasteiger partial charge in [-0.2, -0.15) is 0 Å². The molecule has 1 atom stereocenters. The molecule has 0 heterocycles. The van der Waals surface area contributed by atoms with Gasteiger partial charge in [0.15, 0.2) is 8.32 Å². The molecular formula is C22H45NO8Si. The number of methoxy groups -OCH3 is 1. The van der Waals surface area contributed by atoms with Crippen LogP contribution in [0.2, 0.25) is 18.1 Å². The minimum absolute atomic E-state index is 0.0451. The molecule has 0 spiro atoms. The van der Waals surface area contributed by atoms with Gasteiger partial charge in [-0.25, -0.2) is 4.79 Å². The summed E-state index contributed by atoms with van der Waals surface area (Å²) in [7, 11) is -0.142. The number of carbonyl (C=O) groups is 2. The number of aliphatic hydroxyl groups excluding tert-OH is 1. The lowest BCUT2D eigenvalue weighted by molar-refractivity contribution is -0.161. The van der Waals surface area contributed by atoms with Crippen LogP contribution in [0.15, 0.2) is 0 Å². The van der Waals surface area contributed by atoms with E-state index in [-0.39, 0.29) is 24.9 Å². The van der Waals surface area contributed by atoms with Crippen molar-refractivity contribution in [3.63, 3.8) is 0 Å². The molecule has 0 aliphatic rings. The highest BCUT2D eigenvalue weighted by Gasteiger charge is 2.37. The molecule has 1 unspecified atom stereocenters. The third-order valence-electron chi connectivity index (χ3n) is 5.62. The van der Waals surface area contributed by atoms with Gasteiger partial charge in [-0.1, -0.05) is 20.8 Å². The zero-order valence-corrected chi connectivity index (χ0v) is 22.1. The molecule has 190 valence electrons. The number of hydrogen-bond donors (Lipinski definition) is 2. The molecule has 10 heteroatoms.